The van der Waals surface area contributed by atoms with Gasteiger partial charge in [-0.1, -0.05) is 19.1 Å². The van der Waals surface area contributed by atoms with Gasteiger partial charge < -0.3 is 20.1 Å². The van der Waals surface area contributed by atoms with Crippen LogP contribution in [-0.2, 0) is 9.53 Å². The quantitative estimate of drug-likeness (QED) is 0.834. The first-order valence-corrected chi connectivity index (χ1v) is 7.39. The van der Waals surface area contributed by atoms with Gasteiger partial charge in [0.1, 0.15) is 5.75 Å². The molecule has 5 heteroatoms. The largest absolute Gasteiger partial charge is 0.497 e. The normalized spacial score (nSPS) is 22.8. The molecule has 1 aliphatic rings. The molecule has 0 saturated carbocycles. The first-order valence-electron chi connectivity index (χ1n) is 7.39. The molecule has 2 rings (SSSR count). The predicted molar refractivity (Wildman–Crippen MR) is 81.3 cm³/mol. The molecule has 1 amide bonds. The molecule has 3 unspecified atom stereocenters. The van der Waals surface area contributed by atoms with Crippen LogP contribution in [0.15, 0.2) is 24.3 Å². The molecule has 1 saturated heterocycles. The van der Waals surface area contributed by atoms with Crippen molar-refractivity contribution in [2.45, 2.75) is 25.4 Å². The summed E-state index contributed by atoms with van der Waals surface area (Å²) in [5, 5.41) is 6.27. The van der Waals surface area contributed by atoms with Gasteiger partial charge in [0.05, 0.1) is 32.3 Å². The van der Waals surface area contributed by atoms with Crippen molar-refractivity contribution in [3.8, 4) is 5.75 Å². The van der Waals surface area contributed by atoms with Crippen molar-refractivity contribution in [3.05, 3.63) is 29.8 Å². The van der Waals surface area contributed by atoms with E-state index in [-0.39, 0.29) is 23.9 Å². The summed E-state index contributed by atoms with van der Waals surface area (Å²) < 4.78 is 10.6. The van der Waals surface area contributed by atoms with Crippen LogP contribution in [-0.4, -0.2) is 39.3 Å². The minimum Gasteiger partial charge on any atom is -0.497 e. The van der Waals surface area contributed by atoms with Gasteiger partial charge >= 0.3 is 0 Å². The van der Waals surface area contributed by atoms with Gasteiger partial charge in [-0.3, -0.25) is 4.79 Å². The molecule has 0 spiro atoms. The van der Waals surface area contributed by atoms with Gasteiger partial charge in [0.2, 0.25) is 5.91 Å². The number of rotatable bonds is 6. The highest BCUT2D eigenvalue weighted by Gasteiger charge is 2.33. The van der Waals surface area contributed by atoms with E-state index < -0.39 is 0 Å². The maximum absolute atomic E-state index is 12.4. The highest BCUT2D eigenvalue weighted by molar-refractivity contribution is 5.80. The molecule has 5 nitrogen and oxygen atoms in total. The standard InChI is InChI=1S/C16H24N2O3/c1-4-14(11-5-7-12(20-3)8-6-11)18-16(19)13-9-21-10-15(13)17-2/h5-8,13-15,17H,4,9-10H2,1-3H3,(H,18,19). The summed E-state index contributed by atoms with van der Waals surface area (Å²) >= 11 is 0. The van der Waals surface area contributed by atoms with Crippen LogP contribution < -0.4 is 15.4 Å². The van der Waals surface area contributed by atoms with E-state index in [2.05, 4.69) is 17.6 Å². The van der Waals surface area contributed by atoms with E-state index in [0.29, 0.717) is 13.2 Å². The van der Waals surface area contributed by atoms with Crippen LogP contribution in [0.1, 0.15) is 24.9 Å². The van der Waals surface area contributed by atoms with Gasteiger partial charge in [0, 0.05) is 6.04 Å². The smallest absolute Gasteiger partial charge is 0.227 e. The lowest BCUT2D eigenvalue weighted by atomic mass is 10.00. The van der Waals surface area contributed by atoms with Crippen molar-refractivity contribution < 1.29 is 14.3 Å². The molecule has 1 aliphatic heterocycles. The molecule has 1 aromatic rings. The summed E-state index contributed by atoms with van der Waals surface area (Å²) in [5.41, 5.74) is 1.09. The number of benzene rings is 1. The maximum Gasteiger partial charge on any atom is 0.227 e. The van der Waals surface area contributed by atoms with Gasteiger partial charge in [-0.15, -0.1) is 0 Å². The van der Waals surface area contributed by atoms with Gasteiger partial charge in [0.15, 0.2) is 0 Å². The molecule has 1 heterocycles. The molecule has 0 radical (unpaired) electrons. The molecule has 3 atom stereocenters. The van der Waals surface area contributed by atoms with Crippen LogP contribution in [0.3, 0.4) is 0 Å². The highest BCUT2D eigenvalue weighted by Crippen LogP contribution is 2.22. The fourth-order valence-electron chi connectivity index (χ4n) is 2.63. The van der Waals surface area contributed by atoms with E-state index in [1.165, 1.54) is 0 Å². The zero-order valence-corrected chi connectivity index (χ0v) is 12.9. The van der Waals surface area contributed by atoms with Crippen molar-refractivity contribution in [2.75, 3.05) is 27.4 Å². The lowest BCUT2D eigenvalue weighted by Crippen LogP contribution is -2.43. The Morgan fingerprint density at radius 1 is 1.38 bits per heavy atom. The maximum atomic E-state index is 12.4. The van der Waals surface area contributed by atoms with Crippen LogP contribution >= 0.6 is 0 Å². The van der Waals surface area contributed by atoms with E-state index >= 15 is 0 Å². The van der Waals surface area contributed by atoms with Crippen LogP contribution in [0.5, 0.6) is 5.75 Å². The summed E-state index contributed by atoms with van der Waals surface area (Å²) in [5.74, 6) is 0.746. The van der Waals surface area contributed by atoms with Gasteiger partial charge in [-0.2, -0.15) is 0 Å². The van der Waals surface area contributed by atoms with Crippen molar-refractivity contribution in [2.24, 2.45) is 5.92 Å². The lowest BCUT2D eigenvalue weighted by molar-refractivity contribution is -0.126. The van der Waals surface area contributed by atoms with Gasteiger partial charge in [-0.25, -0.2) is 0 Å². The summed E-state index contributed by atoms with van der Waals surface area (Å²) in [6.07, 6.45) is 0.843. The molecule has 2 N–H and O–H groups in total. The van der Waals surface area contributed by atoms with Crippen molar-refractivity contribution in [3.63, 3.8) is 0 Å². The Labute approximate surface area is 126 Å². The van der Waals surface area contributed by atoms with Crippen LogP contribution in [0.25, 0.3) is 0 Å². The summed E-state index contributed by atoms with van der Waals surface area (Å²) in [6.45, 7) is 3.14. The molecule has 0 bridgehead atoms. The minimum atomic E-state index is -0.123. The van der Waals surface area contributed by atoms with Crippen LogP contribution in [0.4, 0.5) is 0 Å². The number of carbonyl (C=O) groups is 1. The van der Waals surface area contributed by atoms with Crippen LogP contribution in [0.2, 0.25) is 0 Å². The van der Waals surface area contributed by atoms with Gasteiger partial charge in [-0.05, 0) is 31.2 Å². The van der Waals surface area contributed by atoms with E-state index in [1.54, 1.807) is 7.11 Å². The third-order valence-corrected chi connectivity index (χ3v) is 4.03. The summed E-state index contributed by atoms with van der Waals surface area (Å²) in [4.78, 5) is 12.4. The molecule has 1 fully saturated rings. The SMILES string of the molecule is CCC(NC(=O)C1COCC1NC)c1ccc(OC)cc1. The first-order chi connectivity index (χ1) is 10.2. The lowest BCUT2D eigenvalue weighted by Gasteiger charge is -2.22. The number of likely N-dealkylation sites (N-methyl/N-ethyl adjacent to an activating group) is 1. The molecule has 116 valence electrons. The summed E-state index contributed by atoms with van der Waals surface area (Å²) in [6, 6.07) is 7.93. The Bertz CT molecular complexity index is 461. The molecule has 0 aromatic heterocycles. The Morgan fingerprint density at radius 2 is 2.10 bits per heavy atom. The summed E-state index contributed by atoms with van der Waals surface area (Å²) in [7, 11) is 3.51. The fraction of sp³-hybridized carbons (Fsp3) is 0.562. The Kier molecular flexibility index (Phi) is 5.59. The van der Waals surface area contributed by atoms with E-state index in [9.17, 15) is 4.79 Å². The number of hydrogen-bond donors (Lipinski definition) is 2. The minimum absolute atomic E-state index is 0.0153. The Morgan fingerprint density at radius 3 is 2.67 bits per heavy atom. The second-order valence-electron chi connectivity index (χ2n) is 5.28. The van der Waals surface area contributed by atoms with E-state index in [1.807, 2.05) is 31.3 Å². The number of amides is 1. The van der Waals surface area contributed by atoms with Crippen molar-refractivity contribution in [1.82, 2.24) is 10.6 Å². The third-order valence-electron chi connectivity index (χ3n) is 4.03. The van der Waals surface area contributed by atoms with Crippen molar-refractivity contribution in [1.29, 1.82) is 0 Å². The molecular weight excluding hydrogens is 268 g/mol. The zero-order valence-electron chi connectivity index (χ0n) is 12.9. The molecule has 21 heavy (non-hydrogen) atoms. The number of carbonyl (C=O) groups excluding carboxylic acids is 1. The zero-order chi connectivity index (χ0) is 15.2. The highest BCUT2D eigenvalue weighted by atomic mass is 16.5. The van der Waals surface area contributed by atoms with Crippen LogP contribution in [0, 0.1) is 5.92 Å². The molecule has 1 aromatic carbocycles. The average Bonchev–Trinajstić information content (AvgIpc) is 3.01. The Balaban J connectivity index is 2.02. The Hall–Kier alpha value is -1.59. The first kappa shape index (κ1) is 15.8. The monoisotopic (exact) mass is 292 g/mol. The number of ether oxygens (including phenoxy) is 2. The average molecular weight is 292 g/mol. The number of nitrogens with one attached hydrogen (secondary N) is 2. The second-order valence-corrected chi connectivity index (χ2v) is 5.28. The predicted octanol–water partition coefficient (Wildman–Crippen LogP) is 1.50. The second kappa shape index (κ2) is 7.43. The fourth-order valence-corrected chi connectivity index (χ4v) is 2.63. The number of hydrogen-bond acceptors (Lipinski definition) is 4. The topological polar surface area (TPSA) is 59.6 Å². The molecular formula is C16H24N2O3. The van der Waals surface area contributed by atoms with E-state index in [4.69, 9.17) is 9.47 Å². The third kappa shape index (κ3) is 3.74. The molecule has 0 aliphatic carbocycles. The van der Waals surface area contributed by atoms with E-state index in [0.717, 1.165) is 17.7 Å². The number of methoxy groups -OCH3 is 1. The van der Waals surface area contributed by atoms with Gasteiger partial charge in [0.25, 0.3) is 0 Å². The van der Waals surface area contributed by atoms with Crippen molar-refractivity contribution >= 4 is 5.91 Å².